The Bertz CT molecular complexity index is 978. The molecule has 4 rings (SSSR count). The minimum atomic E-state index is -0.187. The number of fused-ring (bicyclic) bond motifs is 1. The third-order valence-electron chi connectivity index (χ3n) is 4.93. The number of carbonyl (C=O) groups is 2. The first-order valence-corrected chi connectivity index (χ1v) is 11.1. The molecular formula is C21H21N3O2S2. The van der Waals surface area contributed by atoms with Crippen molar-refractivity contribution < 1.29 is 9.59 Å². The SMILES string of the molecule is CCC1=CSC=C(c2sccc2NC(=O)CN2C(=O)CCc3cnccc32)C1. The highest BCUT2D eigenvalue weighted by Gasteiger charge is 2.26. The number of pyridine rings is 1. The van der Waals surface area contributed by atoms with Crippen molar-refractivity contribution in [3.63, 3.8) is 0 Å². The number of thioether (sulfide) groups is 1. The summed E-state index contributed by atoms with van der Waals surface area (Å²) in [4.78, 5) is 31.9. The Kier molecular flexibility index (Phi) is 5.64. The van der Waals surface area contributed by atoms with E-state index in [0.29, 0.717) is 12.8 Å². The number of allylic oxidation sites excluding steroid dienone is 2. The Morgan fingerprint density at radius 2 is 2.18 bits per heavy atom. The number of carbonyl (C=O) groups excluding carboxylic acids is 2. The molecule has 2 amide bonds. The highest BCUT2D eigenvalue weighted by Crippen LogP contribution is 2.39. The van der Waals surface area contributed by atoms with Crippen LogP contribution in [0.15, 0.2) is 46.3 Å². The molecule has 2 aromatic heterocycles. The maximum atomic E-state index is 12.7. The summed E-state index contributed by atoms with van der Waals surface area (Å²) in [7, 11) is 0. The van der Waals surface area contributed by atoms with Crippen molar-refractivity contribution in [2.75, 3.05) is 16.8 Å². The molecule has 0 aliphatic carbocycles. The van der Waals surface area contributed by atoms with Gasteiger partial charge in [-0.05, 0) is 58.7 Å². The molecule has 5 nitrogen and oxygen atoms in total. The fraction of sp³-hybridized carbons (Fsp3) is 0.286. The van der Waals surface area contributed by atoms with Gasteiger partial charge in [-0.3, -0.25) is 14.6 Å². The number of aryl methyl sites for hydroxylation is 1. The van der Waals surface area contributed by atoms with Crippen molar-refractivity contribution >= 4 is 51.9 Å². The summed E-state index contributed by atoms with van der Waals surface area (Å²) < 4.78 is 0. The van der Waals surface area contributed by atoms with Gasteiger partial charge in [-0.2, -0.15) is 0 Å². The van der Waals surface area contributed by atoms with Crippen molar-refractivity contribution in [1.29, 1.82) is 0 Å². The number of hydrogen-bond acceptors (Lipinski definition) is 5. The summed E-state index contributed by atoms with van der Waals surface area (Å²) in [5, 5.41) is 9.35. The molecule has 0 atom stereocenters. The monoisotopic (exact) mass is 411 g/mol. The van der Waals surface area contributed by atoms with E-state index in [9.17, 15) is 9.59 Å². The van der Waals surface area contributed by atoms with E-state index >= 15 is 0 Å². The van der Waals surface area contributed by atoms with Crippen molar-refractivity contribution in [2.45, 2.75) is 32.6 Å². The fourth-order valence-electron chi connectivity index (χ4n) is 3.43. The van der Waals surface area contributed by atoms with E-state index in [0.717, 1.165) is 34.7 Å². The summed E-state index contributed by atoms with van der Waals surface area (Å²) in [5.41, 5.74) is 5.25. The van der Waals surface area contributed by atoms with Crippen LogP contribution >= 0.6 is 23.1 Å². The van der Waals surface area contributed by atoms with Crippen LogP contribution in [-0.4, -0.2) is 23.3 Å². The van der Waals surface area contributed by atoms with E-state index < -0.39 is 0 Å². The first-order valence-electron chi connectivity index (χ1n) is 9.29. The molecule has 0 saturated heterocycles. The Morgan fingerprint density at radius 3 is 3.04 bits per heavy atom. The molecule has 144 valence electrons. The quantitative estimate of drug-likeness (QED) is 0.765. The molecule has 0 fully saturated rings. The van der Waals surface area contributed by atoms with Gasteiger partial charge in [0.05, 0.1) is 16.3 Å². The smallest absolute Gasteiger partial charge is 0.244 e. The molecule has 0 unspecified atom stereocenters. The van der Waals surface area contributed by atoms with Crippen LogP contribution in [0.2, 0.25) is 0 Å². The lowest BCUT2D eigenvalue weighted by Crippen LogP contribution is -2.41. The van der Waals surface area contributed by atoms with Gasteiger partial charge >= 0.3 is 0 Å². The topological polar surface area (TPSA) is 62.3 Å². The van der Waals surface area contributed by atoms with E-state index in [1.807, 2.05) is 11.4 Å². The van der Waals surface area contributed by atoms with Crippen molar-refractivity contribution in [3.8, 4) is 0 Å². The molecule has 2 aromatic rings. The summed E-state index contributed by atoms with van der Waals surface area (Å²) in [5.74, 6) is -0.212. The van der Waals surface area contributed by atoms with E-state index in [2.05, 4.69) is 28.0 Å². The van der Waals surface area contributed by atoms with Crippen LogP contribution in [0.1, 0.15) is 36.6 Å². The summed E-state index contributed by atoms with van der Waals surface area (Å²) in [6, 6.07) is 3.74. The lowest BCUT2D eigenvalue weighted by Gasteiger charge is -2.28. The lowest BCUT2D eigenvalue weighted by atomic mass is 10.0. The number of thiophene rings is 1. The van der Waals surface area contributed by atoms with Crippen molar-refractivity contribution in [3.05, 3.63) is 56.7 Å². The average Bonchev–Trinajstić information content (AvgIpc) is 3.18. The zero-order valence-electron chi connectivity index (χ0n) is 15.6. The lowest BCUT2D eigenvalue weighted by molar-refractivity contribution is -0.121. The average molecular weight is 412 g/mol. The largest absolute Gasteiger partial charge is 0.323 e. The van der Waals surface area contributed by atoms with Crippen LogP contribution in [0.4, 0.5) is 11.4 Å². The Labute approximate surface area is 172 Å². The predicted molar refractivity (Wildman–Crippen MR) is 116 cm³/mol. The first-order chi connectivity index (χ1) is 13.7. The predicted octanol–water partition coefficient (Wildman–Crippen LogP) is 4.83. The molecular weight excluding hydrogens is 390 g/mol. The van der Waals surface area contributed by atoms with E-state index in [4.69, 9.17) is 0 Å². The molecule has 2 aliphatic rings. The highest BCUT2D eigenvalue weighted by molar-refractivity contribution is 8.05. The summed E-state index contributed by atoms with van der Waals surface area (Å²) >= 11 is 3.33. The van der Waals surface area contributed by atoms with E-state index in [1.165, 1.54) is 11.1 Å². The van der Waals surface area contributed by atoms with E-state index in [-0.39, 0.29) is 18.4 Å². The molecule has 0 spiro atoms. The molecule has 1 N–H and O–H groups in total. The number of rotatable bonds is 5. The number of anilines is 2. The maximum Gasteiger partial charge on any atom is 0.244 e. The molecule has 0 saturated carbocycles. The summed E-state index contributed by atoms with van der Waals surface area (Å²) in [6.45, 7) is 2.18. The van der Waals surface area contributed by atoms with Crippen LogP contribution in [-0.2, 0) is 16.0 Å². The van der Waals surface area contributed by atoms with Crippen LogP contribution in [0.25, 0.3) is 5.57 Å². The number of nitrogens with one attached hydrogen (secondary N) is 1. The van der Waals surface area contributed by atoms with Gasteiger partial charge in [-0.25, -0.2) is 0 Å². The fourth-order valence-corrected chi connectivity index (χ4v) is 5.25. The van der Waals surface area contributed by atoms with Gasteiger partial charge in [0.2, 0.25) is 11.8 Å². The third-order valence-corrected chi connectivity index (χ3v) is 6.81. The molecule has 0 radical (unpaired) electrons. The number of aromatic nitrogens is 1. The van der Waals surface area contributed by atoms with Gasteiger partial charge in [0.1, 0.15) is 6.54 Å². The zero-order chi connectivity index (χ0) is 19.5. The van der Waals surface area contributed by atoms with Gasteiger partial charge in [0.25, 0.3) is 0 Å². The highest BCUT2D eigenvalue weighted by atomic mass is 32.2. The maximum absolute atomic E-state index is 12.7. The Morgan fingerprint density at radius 1 is 1.29 bits per heavy atom. The third kappa shape index (κ3) is 3.91. The molecule has 7 heteroatoms. The minimum Gasteiger partial charge on any atom is -0.323 e. The number of amides is 2. The molecule has 0 aromatic carbocycles. The second kappa shape index (κ2) is 8.32. The zero-order valence-corrected chi connectivity index (χ0v) is 17.2. The normalized spacial score (nSPS) is 16.3. The Balaban J connectivity index is 1.48. The minimum absolute atomic E-state index is 0.0129. The Hall–Kier alpha value is -2.38. The second-order valence-corrected chi connectivity index (χ2v) is 8.44. The van der Waals surface area contributed by atoms with Crippen molar-refractivity contribution in [2.24, 2.45) is 0 Å². The van der Waals surface area contributed by atoms with E-state index in [1.54, 1.807) is 46.5 Å². The van der Waals surface area contributed by atoms with Crippen LogP contribution in [0.5, 0.6) is 0 Å². The molecule has 4 heterocycles. The second-order valence-electron chi connectivity index (χ2n) is 6.78. The molecule has 28 heavy (non-hydrogen) atoms. The van der Waals surface area contributed by atoms with Crippen LogP contribution < -0.4 is 10.2 Å². The number of hydrogen-bond donors (Lipinski definition) is 1. The first kappa shape index (κ1) is 19.0. The van der Waals surface area contributed by atoms with Gasteiger partial charge in [-0.15, -0.1) is 23.1 Å². The van der Waals surface area contributed by atoms with Gasteiger partial charge in [0.15, 0.2) is 0 Å². The number of nitrogens with zero attached hydrogens (tertiary/aromatic N) is 2. The van der Waals surface area contributed by atoms with Gasteiger partial charge in [-0.1, -0.05) is 12.5 Å². The summed E-state index contributed by atoms with van der Waals surface area (Å²) in [6.07, 6.45) is 6.46. The van der Waals surface area contributed by atoms with Gasteiger partial charge < -0.3 is 10.2 Å². The van der Waals surface area contributed by atoms with Crippen LogP contribution in [0, 0.1) is 0 Å². The standard InChI is InChI=1S/C21H21N3O2S2/c1-2-14-9-16(13-27-12-14)21-17(6-8-28-21)23-19(25)11-24-18-5-7-22-10-15(18)3-4-20(24)26/h5-8,10,12-13H,2-4,9,11H2,1H3,(H,23,25). The van der Waals surface area contributed by atoms with Crippen molar-refractivity contribution in [1.82, 2.24) is 4.98 Å². The molecule has 0 bridgehead atoms. The van der Waals surface area contributed by atoms with Gasteiger partial charge in [0, 0.05) is 18.8 Å². The molecule has 2 aliphatic heterocycles. The van der Waals surface area contributed by atoms with Crippen LogP contribution in [0.3, 0.4) is 0 Å².